The van der Waals surface area contributed by atoms with Crippen molar-refractivity contribution in [3.8, 4) is 0 Å². The molecule has 0 aromatic heterocycles. The first-order valence-electron chi connectivity index (χ1n) is 6.11. The summed E-state index contributed by atoms with van der Waals surface area (Å²) in [6.07, 6.45) is 0.849. The number of amides is 1. The maximum atomic E-state index is 11.4. The second-order valence-corrected chi connectivity index (χ2v) is 5.43. The van der Waals surface area contributed by atoms with Crippen molar-refractivity contribution in [1.29, 1.82) is 0 Å². The van der Waals surface area contributed by atoms with E-state index in [9.17, 15) is 9.90 Å². The minimum absolute atomic E-state index is 0.110. The Hall–Kier alpha value is -0.810. The number of hydrogen-bond donors (Lipinski definition) is 2. The van der Waals surface area contributed by atoms with Crippen LogP contribution in [0.3, 0.4) is 0 Å². The highest BCUT2D eigenvalue weighted by Gasteiger charge is 2.23. The average Bonchev–Trinajstić information content (AvgIpc) is 2.25. The van der Waals surface area contributed by atoms with Gasteiger partial charge in [-0.25, -0.2) is 4.79 Å². The van der Waals surface area contributed by atoms with Crippen LogP contribution in [0.4, 0.5) is 4.79 Å². The molecule has 1 aliphatic rings. The molecule has 1 saturated heterocycles. The first-order chi connectivity index (χ1) is 7.88. The molecule has 0 radical (unpaired) electrons. The molecule has 0 aromatic carbocycles. The van der Waals surface area contributed by atoms with Crippen LogP contribution in [0, 0.1) is 5.92 Å². The lowest BCUT2D eigenvalue weighted by molar-refractivity contribution is -0.0102. The molecule has 1 heterocycles. The summed E-state index contributed by atoms with van der Waals surface area (Å²) in [5.74, 6) is 0.110. The SMILES string of the molecule is CC(C)(C)OC(=O)NCC(O)C1CCCOC1. The number of rotatable bonds is 3. The van der Waals surface area contributed by atoms with Crippen molar-refractivity contribution in [1.82, 2.24) is 5.32 Å². The van der Waals surface area contributed by atoms with Crippen LogP contribution in [0.5, 0.6) is 0 Å². The summed E-state index contributed by atoms with van der Waals surface area (Å²) in [7, 11) is 0. The number of nitrogens with one attached hydrogen (secondary N) is 1. The van der Waals surface area contributed by atoms with Gasteiger partial charge in [-0.2, -0.15) is 0 Å². The third-order valence-electron chi connectivity index (χ3n) is 2.59. The quantitative estimate of drug-likeness (QED) is 0.786. The van der Waals surface area contributed by atoms with Gasteiger partial charge in [-0.3, -0.25) is 0 Å². The van der Waals surface area contributed by atoms with Gasteiger partial charge in [0.1, 0.15) is 5.60 Å². The van der Waals surface area contributed by atoms with Crippen LogP contribution in [0.2, 0.25) is 0 Å². The zero-order chi connectivity index (χ0) is 12.9. The number of ether oxygens (including phenoxy) is 2. The number of aliphatic hydroxyl groups is 1. The highest BCUT2D eigenvalue weighted by molar-refractivity contribution is 5.67. The van der Waals surface area contributed by atoms with E-state index in [0.29, 0.717) is 6.61 Å². The molecule has 2 unspecified atom stereocenters. The van der Waals surface area contributed by atoms with Crippen molar-refractivity contribution in [2.45, 2.75) is 45.3 Å². The van der Waals surface area contributed by atoms with E-state index >= 15 is 0 Å². The zero-order valence-electron chi connectivity index (χ0n) is 10.9. The van der Waals surface area contributed by atoms with E-state index in [4.69, 9.17) is 9.47 Å². The predicted molar refractivity (Wildman–Crippen MR) is 63.8 cm³/mol. The fraction of sp³-hybridized carbons (Fsp3) is 0.917. The van der Waals surface area contributed by atoms with E-state index in [-0.39, 0.29) is 12.5 Å². The van der Waals surface area contributed by atoms with Gasteiger partial charge in [-0.05, 0) is 33.6 Å². The third kappa shape index (κ3) is 5.89. The van der Waals surface area contributed by atoms with Gasteiger partial charge in [0.15, 0.2) is 0 Å². The molecule has 100 valence electrons. The average molecular weight is 245 g/mol. The van der Waals surface area contributed by atoms with Crippen LogP contribution >= 0.6 is 0 Å². The normalized spacial score (nSPS) is 22.9. The Labute approximate surface area is 102 Å². The summed E-state index contributed by atoms with van der Waals surface area (Å²) in [5.41, 5.74) is -0.511. The molecule has 0 bridgehead atoms. The zero-order valence-corrected chi connectivity index (χ0v) is 10.9. The van der Waals surface area contributed by atoms with Crippen LogP contribution in [0.25, 0.3) is 0 Å². The number of carbonyl (C=O) groups excluding carboxylic acids is 1. The largest absolute Gasteiger partial charge is 0.444 e. The molecule has 1 fully saturated rings. The van der Waals surface area contributed by atoms with Gasteiger partial charge in [-0.1, -0.05) is 0 Å². The second-order valence-electron chi connectivity index (χ2n) is 5.43. The van der Waals surface area contributed by atoms with Crippen LogP contribution in [0.1, 0.15) is 33.6 Å². The van der Waals surface area contributed by atoms with E-state index in [1.807, 2.05) is 0 Å². The number of alkyl carbamates (subject to hydrolysis) is 1. The summed E-state index contributed by atoms with van der Waals surface area (Å²) < 4.78 is 10.4. The molecule has 0 aromatic rings. The lowest BCUT2D eigenvalue weighted by Gasteiger charge is -2.27. The van der Waals surface area contributed by atoms with E-state index in [0.717, 1.165) is 19.4 Å². The minimum Gasteiger partial charge on any atom is -0.444 e. The Morgan fingerprint density at radius 1 is 1.59 bits per heavy atom. The Kier molecular flexibility index (Phi) is 5.21. The molecule has 2 N–H and O–H groups in total. The summed E-state index contributed by atoms with van der Waals surface area (Å²) in [6.45, 7) is 6.96. The fourth-order valence-corrected chi connectivity index (χ4v) is 1.74. The lowest BCUT2D eigenvalue weighted by Crippen LogP contribution is -2.41. The second kappa shape index (κ2) is 6.21. The van der Waals surface area contributed by atoms with Crippen molar-refractivity contribution in [2.24, 2.45) is 5.92 Å². The first-order valence-corrected chi connectivity index (χ1v) is 6.11. The Bertz CT molecular complexity index is 243. The summed E-state index contributed by atoms with van der Waals surface area (Å²) >= 11 is 0. The van der Waals surface area contributed by atoms with E-state index < -0.39 is 17.8 Å². The number of aliphatic hydroxyl groups excluding tert-OH is 1. The minimum atomic E-state index is -0.567. The topological polar surface area (TPSA) is 67.8 Å². The molecule has 0 aliphatic carbocycles. The molecular formula is C12H23NO4. The van der Waals surface area contributed by atoms with Gasteiger partial charge in [-0.15, -0.1) is 0 Å². The van der Waals surface area contributed by atoms with Crippen molar-refractivity contribution in [3.63, 3.8) is 0 Å². The van der Waals surface area contributed by atoms with Crippen molar-refractivity contribution < 1.29 is 19.4 Å². The standard InChI is InChI=1S/C12H23NO4/c1-12(2,3)17-11(15)13-7-10(14)9-5-4-6-16-8-9/h9-10,14H,4-8H2,1-3H3,(H,13,15). The van der Waals surface area contributed by atoms with E-state index in [2.05, 4.69) is 5.32 Å². The Morgan fingerprint density at radius 3 is 2.82 bits per heavy atom. The van der Waals surface area contributed by atoms with Crippen molar-refractivity contribution in [3.05, 3.63) is 0 Å². The van der Waals surface area contributed by atoms with Gasteiger partial charge in [0.2, 0.25) is 0 Å². The monoisotopic (exact) mass is 245 g/mol. The summed E-state index contributed by atoms with van der Waals surface area (Å²) in [6, 6.07) is 0. The number of carbonyl (C=O) groups is 1. The van der Waals surface area contributed by atoms with Crippen LogP contribution in [-0.4, -0.2) is 42.7 Å². The summed E-state index contributed by atoms with van der Waals surface area (Å²) in [4.78, 5) is 11.4. The molecule has 17 heavy (non-hydrogen) atoms. The maximum Gasteiger partial charge on any atom is 0.407 e. The Morgan fingerprint density at radius 2 is 2.29 bits per heavy atom. The van der Waals surface area contributed by atoms with Crippen LogP contribution in [-0.2, 0) is 9.47 Å². The molecular weight excluding hydrogens is 222 g/mol. The molecule has 1 amide bonds. The van der Waals surface area contributed by atoms with Crippen molar-refractivity contribution >= 4 is 6.09 Å². The van der Waals surface area contributed by atoms with E-state index in [1.165, 1.54) is 0 Å². The van der Waals surface area contributed by atoms with Gasteiger partial charge in [0.25, 0.3) is 0 Å². The molecule has 2 atom stereocenters. The van der Waals surface area contributed by atoms with Gasteiger partial charge in [0.05, 0.1) is 12.7 Å². The molecule has 0 spiro atoms. The molecule has 0 saturated carbocycles. The van der Waals surface area contributed by atoms with Gasteiger partial charge >= 0.3 is 6.09 Å². The molecule has 1 aliphatic heterocycles. The summed E-state index contributed by atoms with van der Waals surface area (Å²) in [5, 5.41) is 12.4. The van der Waals surface area contributed by atoms with Crippen LogP contribution in [0.15, 0.2) is 0 Å². The van der Waals surface area contributed by atoms with Gasteiger partial charge < -0.3 is 19.9 Å². The molecule has 1 rings (SSSR count). The highest BCUT2D eigenvalue weighted by Crippen LogP contribution is 2.17. The smallest absolute Gasteiger partial charge is 0.407 e. The fourth-order valence-electron chi connectivity index (χ4n) is 1.74. The molecule has 5 heteroatoms. The van der Waals surface area contributed by atoms with Gasteiger partial charge in [0, 0.05) is 19.1 Å². The predicted octanol–water partition coefficient (Wildman–Crippen LogP) is 1.30. The number of hydrogen-bond acceptors (Lipinski definition) is 4. The highest BCUT2D eigenvalue weighted by atomic mass is 16.6. The van der Waals surface area contributed by atoms with E-state index in [1.54, 1.807) is 20.8 Å². The van der Waals surface area contributed by atoms with Crippen LogP contribution < -0.4 is 5.32 Å². The maximum absolute atomic E-state index is 11.4. The first kappa shape index (κ1) is 14.3. The van der Waals surface area contributed by atoms with Crippen molar-refractivity contribution in [2.75, 3.05) is 19.8 Å². The lowest BCUT2D eigenvalue weighted by atomic mass is 9.96. The third-order valence-corrected chi connectivity index (χ3v) is 2.59. The molecule has 5 nitrogen and oxygen atoms in total. The Balaban J connectivity index is 2.22.